The molecule has 0 heterocycles. The molecule has 1 atom stereocenters. The van der Waals surface area contributed by atoms with Crippen LogP contribution in [0.25, 0.3) is 0 Å². The van der Waals surface area contributed by atoms with Crippen LogP contribution in [0.3, 0.4) is 0 Å². The lowest BCUT2D eigenvalue weighted by atomic mass is 10.0. The number of rotatable bonds is 4. The summed E-state index contributed by atoms with van der Waals surface area (Å²) in [6, 6.07) is 1.96. The van der Waals surface area contributed by atoms with Gasteiger partial charge in [-0.05, 0) is 6.07 Å². The minimum atomic E-state index is -4.56. The van der Waals surface area contributed by atoms with Gasteiger partial charge in [0.05, 0.1) is 20.3 Å². The molecule has 0 aliphatic heterocycles. The number of benzene rings is 1. The van der Waals surface area contributed by atoms with Crippen LogP contribution in [-0.2, 0) is 6.18 Å². The fraction of sp³-hybridized carbons (Fsp3) is 0.455. The smallest absolute Gasteiger partial charge is 0.420 e. The number of hydrogen-bond donors (Lipinski definition) is 2. The summed E-state index contributed by atoms with van der Waals surface area (Å²) in [6.45, 7) is -0.134. The Hall–Kier alpha value is -1.47. The second-order valence-corrected chi connectivity index (χ2v) is 3.52. The number of ether oxygens (including phenoxy) is 2. The molecular weight excluding hydrogens is 251 g/mol. The summed E-state index contributed by atoms with van der Waals surface area (Å²) in [6.07, 6.45) is -5.68. The molecule has 0 aliphatic carbocycles. The van der Waals surface area contributed by atoms with Crippen molar-refractivity contribution in [3.8, 4) is 11.5 Å². The molecule has 0 saturated heterocycles. The lowest BCUT2D eigenvalue weighted by Gasteiger charge is -2.19. The molecule has 0 fully saturated rings. The number of hydrogen-bond acceptors (Lipinski definition) is 4. The molecule has 1 rings (SSSR count). The van der Waals surface area contributed by atoms with Crippen molar-refractivity contribution in [1.82, 2.24) is 0 Å². The maximum atomic E-state index is 12.7. The summed E-state index contributed by atoms with van der Waals surface area (Å²) in [5.41, 5.74) is 4.47. The van der Waals surface area contributed by atoms with Crippen LogP contribution in [0.5, 0.6) is 11.5 Å². The largest absolute Gasteiger partial charge is 0.492 e. The van der Waals surface area contributed by atoms with Crippen molar-refractivity contribution < 1.29 is 27.8 Å². The topological polar surface area (TPSA) is 64.7 Å². The Labute approximate surface area is 102 Å². The Balaban J connectivity index is 3.46. The highest BCUT2D eigenvalue weighted by Crippen LogP contribution is 2.44. The maximum absolute atomic E-state index is 12.7. The van der Waals surface area contributed by atoms with Gasteiger partial charge in [-0.3, -0.25) is 0 Å². The molecule has 1 unspecified atom stereocenters. The van der Waals surface area contributed by atoms with Crippen LogP contribution in [0.2, 0.25) is 0 Å². The van der Waals surface area contributed by atoms with Crippen molar-refractivity contribution >= 4 is 0 Å². The molecule has 18 heavy (non-hydrogen) atoms. The molecule has 1 aromatic carbocycles. The molecule has 102 valence electrons. The molecule has 0 spiro atoms. The van der Waals surface area contributed by atoms with Crippen LogP contribution in [0.4, 0.5) is 13.2 Å². The molecule has 3 N–H and O–H groups in total. The number of nitrogens with two attached hydrogens (primary N) is 1. The van der Waals surface area contributed by atoms with Crippen molar-refractivity contribution in [2.45, 2.75) is 12.3 Å². The van der Waals surface area contributed by atoms with Gasteiger partial charge in [-0.15, -0.1) is 0 Å². The van der Waals surface area contributed by atoms with Crippen molar-refractivity contribution in [3.05, 3.63) is 23.3 Å². The third-order valence-electron chi connectivity index (χ3n) is 2.44. The van der Waals surface area contributed by atoms with Crippen LogP contribution >= 0.6 is 0 Å². The first-order valence-electron chi connectivity index (χ1n) is 5.07. The first-order chi connectivity index (χ1) is 8.36. The summed E-state index contributed by atoms with van der Waals surface area (Å²) in [5.74, 6) is -0.625. The molecular formula is C11H14F3NO3. The Morgan fingerprint density at radius 2 is 1.78 bits per heavy atom. The lowest BCUT2D eigenvalue weighted by Crippen LogP contribution is -2.15. The van der Waals surface area contributed by atoms with E-state index in [9.17, 15) is 18.3 Å². The summed E-state index contributed by atoms with van der Waals surface area (Å²) in [5, 5.41) is 9.61. The standard InChI is InChI=1S/C11H14F3NO3/c1-17-9-6(8(16)5-15)3-4-7(10(9)18-2)11(12,13)14/h3-4,8,16H,5,15H2,1-2H3. The Bertz CT molecular complexity index is 421. The van der Waals surface area contributed by atoms with Crippen molar-refractivity contribution in [2.24, 2.45) is 5.73 Å². The lowest BCUT2D eigenvalue weighted by molar-refractivity contribution is -0.138. The zero-order chi connectivity index (χ0) is 13.9. The van der Waals surface area contributed by atoms with Gasteiger partial charge in [0.1, 0.15) is 5.56 Å². The average molecular weight is 265 g/mol. The molecule has 7 heteroatoms. The van der Waals surface area contributed by atoms with Gasteiger partial charge < -0.3 is 20.3 Å². The fourth-order valence-electron chi connectivity index (χ4n) is 1.60. The molecule has 4 nitrogen and oxygen atoms in total. The quantitative estimate of drug-likeness (QED) is 0.870. The van der Waals surface area contributed by atoms with Crippen molar-refractivity contribution in [1.29, 1.82) is 0 Å². The second-order valence-electron chi connectivity index (χ2n) is 3.52. The van der Waals surface area contributed by atoms with Crippen molar-refractivity contribution in [2.75, 3.05) is 20.8 Å². The minimum Gasteiger partial charge on any atom is -0.492 e. The average Bonchev–Trinajstić information content (AvgIpc) is 2.34. The minimum absolute atomic E-state index is 0.134. The SMILES string of the molecule is COc1c(C(O)CN)ccc(C(F)(F)F)c1OC. The molecule has 0 amide bonds. The van der Waals surface area contributed by atoms with Gasteiger partial charge in [-0.25, -0.2) is 0 Å². The van der Waals surface area contributed by atoms with Gasteiger partial charge in [0.15, 0.2) is 11.5 Å². The van der Waals surface area contributed by atoms with E-state index in [-0.39, 0.29) is 17.9 Å². The summed E-state index contributed by atoms with van der Waals surface area (Å²) >= 11 is 0. The van der Waals surface area contributed by atoms with Crippen LogP contribution in [0.1, 0.15) is 17.2 Å². The predicted molar refractivity (Wildman–Crippen MR) is 58.6 cm³/mol. The monoisotopic (exact) mass is 265 g/mol. The first-order valence-corrected chi connectivity index (χ1v) is 5.07. The van der Waals surface area contributed by atoms with E-state index in [1.54, 1.807) is 0 Å². The highest BCUT2D eigenvalue weighted by atomic mass is 19.4. The van der Waals surface area contributed by atoms with Gasteiger partial charge in [-0.2, -0.15) is 13.2 Å². The van der Waals surface area contributed by atoms with Gasteiger partial charge in [0, 0.05) is 12.1 Å². The van der Waals surface area contributed by atoms with Crippen LogP contribution < -0.4 is 15.2 Å². The van der Waals surface area contributed by atoms with Crippen LogP contribution in [0.15, 0.2) is 12.1 Å². The predicted octanol–water partition coefficient (Wildman–Crippen LogP) is 1.71. The maximum Gasteiger partial charge on any atom is 0.420 e. The van der Waals surface area contributed by atoms with E-state index >= 15 is 0 Å². The molecule has 0 aromatic heterocycles. The number of aliphatic hydroxyl groups is 1. The van der Waals surface area contributed by atoms with Crippen molar-refractivity contribution in [3.63, 3.8) is 0 Å². The fourth-order valence-corrected chi connectivity index (χ4v) is 1.60. The van der Waals surface area contributed by atoms with Gasteiger partial charge in [0.2, 0.25) is 0 Å². The zero-order valence-electron chi connectivity index (χ0n) is 9.91. The van der Waals surface area contributed by atoms with E-state index in [0.717, 1.165) is 19.2 Å². The molecule has 0 aliphatic rings. The van der Waals surface area contributed by atoms with Crippen LogP contribution in [0, 0.1) is 0 Å². The third-order valence-corrected chi connectivity index (χ3v) is 2.44. The van der Waals surface area contributed by atoms with E-state index in [1.165, 1.54) is 7.11 Å². The third kappa shape index (κ3) is 2.68. The number of halogens is 3. The van der Waals surface area contributed by atoms with E-state index in [4.69, 9.17) is 15.2 Å². The van der Waals surface area contributed by atoms with Gasteiger partial charge in [0.25, 0.3) is 0 Å². The Morgan fingerprint density at radius 1 is 1.22 bits per heavy atom. The first kappa shape index (κ1) is 14.6. The second kappa shape index (κ2) is 5.45. The van der Waals surface area contributed by atoms with E-state index in [1.807, 2.05) is 0 Å². The highest BCUT2D eigenvalue weighted by Gasteiger charge is 2.37. The Kier molecular flexibility index (Phi) is 4.42. The van der Waals surface area contributed by atoms with E-state index < -0.39 is 23.6 Å². The normalized spacial score (nSPS) is 13.3. The zero-order valence-corrected chi connectivity index (χ0v) is 9.91. The number of methoxy groups -OCH3 is 2. The van der Waals surface area contributed by atoms with E-state index in [0.29, 0.717) is 0 Å². The molecule has 1 aromatic rings. The summed E-state index contributed by atoms with van der Waals surface area (Å²) in [7, 11) is 2.30. The molecule has 0 radical (unpaired) electrons. The highest BCUT2D eigenvalue weighted by molar-refractivity contribution is 5.54. The number of alkyl halides is 3. The summed E-state index contributed by atoms with van der Waals surface area (Å²) in [4.78, 5) is 0. The van der Waals surface area contributed by atoms with Gasteiger partial charge in [-0.1, -0.05) is 6.07 Å². The Morgan fingerprint density at radius 3 is 2.17 bits per heavy atom. The molecule has 0 bridgehead atoms. The van der Waals surface area contributed by atoms with E-state index in [2.05, 4.69) is 0 Å². The van der Waals surface area contributed by atoms with Gasteiger partial charge >= 0.3 is 6.18 Å². The summed E-state index contributed by atoms with van der Waals surface area (Å²) < 4.78 is 47.8. The van der Waals surface area contributed by atoms with Crippen LogP contribution in [-0.4, -0.2) is 25.9 Å². The number of aliphatic hydroxyl groups excluding tert-OH is 1. The molecule has 0 saturated carbocycles.